The van der Waals surface area contributed by atoms with Crippen molar-refractivity contribution in [3.8, 4) is 0 Å². The van der Waals surface area contributed by atoms with Crippen LogP contribution in [-0.2, 0) is 4.79 Å². The van der Waals surface area contributed by atoms with Crippen molar-refractivity contribution in [2.24, 2.45) is 0 Å². The van der Waals surface area contributed by atoms with Gasteiger partial charge in [0.05, 0.1) is 6.54 Å². The van der Waals surface area contributed by atoms with Crippen LogP contribution in [0.15, 0.2) is 41.4 Å². The number of carbonyl (C=O) groups excluding carboxylic acids is 1. The summed E-state index contributed by atoms with van der Waals surface area (Å²) in [5, 5.41) is 5.70. The molecule has 0 aliphatic carbocycles. The average Bonchev–Trinajstić information content (AvgIpc) is 2.23. The number of carbonyl (C=O) groups is 1. The lowest BCUT2D eigenvalue weighted by Gasteiger charge is -2.06. The van der Waals surface area contributed by atoms with Crippen molar-refractivity contribution in [2.75, 3.05) is 18.4 Å². The normalized spacial score (nSPS) is 9.40. The molecule has 0 aliphatic rings. The summed E-state index contributed by atoms with van der Waals surface area (Å²) in [6.07, 6.45) is 1.65. The fraction of sp³-hybridized carbons (Fsp3) is 0.182. The van der Waals surface area contributed by atoms with Crippen molar-refractivity contribution in [2.45, 2.75) is 0 Å². The molecule has 0 bridgehead atoms. The third-order valence-electron chi connectivity index (χ3n) is 1.72. The number of benzene rings is 1. The number of hydrogen-bond donors (Lipinski definition) is 2. The number of nitrogens with one attached hydrogen (secondary N) is 2. The highest BCUT2D eigenvalue weighted by Gasteiger charge is 1.98. The molecule has 1 amide bonds. The van der Waals surface area contributed by atoms with Gasteiger partial charge in [-0.1, -0.05) is 28.1 Å². The van der Waals surface area contributed by atoms with Crippen LogP contribution < -0.4 is 10.6 Å². The largest absolute Gasteiger partial charge is 0.376 e. The van der Waals surface area contributed by atoms with Crippen LogP contribution in [0.2, 0.25) is 0 Å². The van der Waals surface area contributed by atoms with Gasteiger partial charge >= 0.3 is 0 Å². The quantitative estimate of drug-likeness (QED) is 0.804. The SMILES string of the molecule is C=CCNC(=O)CNc1cccc(Br)c1. The second kappa shape index (κ2) is 6.24. The Hall–Kier alpha value is -1.29. The highest BCUT2D eigenvalue weighted by Crippen LogP contribution is 2.14. The van der Waals surface area contributed by atoms with Gasteiger partial charge in [0.25, 0.3) is 0 Å². The Morgan fingerprint density at radius 2 is 2.33 bits per heavy atom. The maximum absolute atomic E-state index is 11.2. The minimum Gasteiger partial charge on any atom is -0.376 e. The molecular formula is C11H13BrN2O. The van der Waals surface area contributed by atoms with Gasteiger partial charge < -0.3 is 10.6 Å². The van der Waals surface area contributed by atoms with E-state index in [9.17, 15) is 4.79 Å². The standard InChI is InChI=1S/C11H13BrN2O/c1-2-6-13-11(15)8-14-10-5-3-4-9(12)7-10/h2-5,7,14H,1,6,8H2,(H,13,15). The molecule has 1 rings (SSSR count). The van der Waals surface area contributed by atoms with Crippen LogP contribution >= 0.6 is 15.9 Å². The lowest BCUT2D eigenvalue weighted by molar-refractivity contribution is -0.119. The Morgan fingerprint density at radius 3 is 3.00 bits per heavy atom. The Labute approximate surface area is 97.7 Å². The predicted octanol–water partition coefficient (Wildman–Crippen LogP) is 2.16. The Kier molecular flexibility index (Phi) is 4.90. The van der Waals surface area contributed by atoms with Gasteiger partial charge in [0.1, 0.15) is 0 Å². The highest BCUT2D eigenvalue weighted by atomic mass is 79.9. The number of rotatable bonds is 5. The third-order valence-corrected chi connectivity index (χ3v) is 2.21. The minimum absolute atomic E-state index is 0.0464. The summed E-state index contributed by atoms with van der Waals surface area (Å²) >= 11 is 3.36. The van der Waals surface area contributed by atoms with Crippen molar-refractivity contribution in [1.29, 1.82) is 0 Å². The Balaban J connectivity index is 2.36. The lowest BCUT2D eigenvalue weighted by atomic mass is 10.3. The molecule has 0 aliphatic heterocycles. The molecule has 0 fully saturated rings. The van der Waals surface area contributed by atoms with Gasteiger partial charge in [0.2, 0.25) is 5.91 Å². The van der Waals surface area contributed by atoms with E-state index in [0.717, 1.165) is 10.2 Å². The number of hydrogen-bond acceptors (Lipinski definition) is 2. The number of halogens is 1. The first-order valence-corrected chi connectivity index (χ1v) is 5.38. The Morgan fingerprint density at radius 1 is 1.53 bits per heavy atom. The van der Waals surface area contributed by atoms with Crippen LogP contribution in [0.5, 0.6) is 0 Å². The first kappa shape index (κ1) is 11.8. The number of amides is 1. The average molecular weight is 269 g/mol. The topological polar surface area (TPSA) is 41.1 Å². The zero-order valence-corrected chi connectivity index (χ0v) is 9.88. The van der Waals surface area contributed by atoms with Crippen LogP contribution in [0.1, 0.15) is 0 Å². The van der Waals surface area contributed by atoms with E-state index in [1.807, 2.05) is 24.3 Å². The summed E-state index contributed by atoms with van der Waals surface area (Å²) in [6, 6.07) is 7.67. The van der Waals surface area contributed by atoms with E-state index in [1.54, 1.807) is 6.08 Å². The zero-order valence-electron chi connectivity index (χ0n) is 8.29. The summed E-state index contributed by atoms with van der Waals surface area (Å²) in [6.45, 7) is 4.29. The van der Waals surface area contributed by atoms with Gasteiger partial charge in [-0.05, 0) is 18.2 Å². The van der Waals surface area contributed by atoms with E-state index in [4.69, 9.17) is 0 Å². The summed E-state index contributed by atoms with van der Waals surface area (Å²) in [5.41, 5.74) is 0.915. The van der Waals surface area contributed by atoms with Gasteiger partial charge in [0.15, 0.2) is 0 Å². The predicted molar refractivity (Wildman–Crippen MR) is 65.8 cm³/mol. The minimum atomic E-state index is -0.0464. The van der Waals surface area contributed by atoms with Crippen LogP contribution in [0.4, 0.5) is 5.69 Å². The molecule has 0 saturated heterocycles. The van der Waals surface area contributed by atoms with Crippen molar-refractivity contribution in [1.82, 2.24) is 5.32 Å². The van der Waals surface area contributed by atoms with E-state index in [-0.39, 0.29) is 12.5 Å². The monoisotopic (exact) mass is 268 g/mol. The van der Waals surface area contributed by atoms with Gasteiger partial charge in [-0.15, -0.1) is 6.58 Å². The van der Waals surface area contributed by atoms with E-state index >= 15 is 0 Å². The van der Waals surface area contributed by atoms with E-state index < -0.39 is 0 Å². The second-order valence-electron chi connectivity index (χ2n) is 2.96. The van der Waals surface area contributed by atoms with E-state index in [1.165, 1.54) is 0 Å². The molecule has 0 unspecified atom stereocenters. The van der Waals surface area contributed by atoms with Gasteiger partial charge in [-0.3, -0.25) is 4.79 Å². The molecule has 0 spiro atoms. The van der Waals surface area contributed by atoms with Crippen molar-refractivity contribution in [3.63, 3.8) is 0 Å². The second-order valence-corrected chi connectivity index (χ2v) is 3.87. The maximum Gasteiger partial charge on any atom is 0.239 e. The maximum atomic E-state index is 11.2. The van der Waals surface area contributed by atoms with Crippen LogP contribution in [0.25, 0.3) is 0 Å². The van der Waals surface area contributed by atoms with Gasteiger partial charge in [-0.2, -0.15) is 0 Å². The first-order chi connectivity index (χ1) is 7.22. The molecule has 0 heterocycles. The fourth-order valence-electron chi connectivity index (χ4n) is 1.03. The van der Waals surface area contributed by atoms with Crippen LogP contribution in [0.3, 0.4) is 0 Å². The smallest absolute Gasteiger partial charge is 0.239 e. The van der Waals surface area contributed by atoms with Gasteiger partial charge in [-0.25, -0.2) is 0 Å². The highest BCUT2D eigenvalue weighted by molar-refractivity contribution is 9.10. The molecule has 1 aromatic carbocycles. The molecule has 0 atom stereocenters. The van der Waals surface area contributed by atoms with Crippen molar-refractivity contribution < 1.29 is 4.79 Å². The molecule has 0 radical (unpaired) electrons. The summed E-state index contributed by atoms with van der Waals surface area (Å²) in [7, 11) is 0. The molecule has 0 aromatic heterocycles. The molecule has 1 aromatic rings. The fourth-order valence-corrected chi connectivity index (χ4v) is 1.43. The summed E-state index contributed by atoms with van der Waals surface area (Å²) in [4.78, 5) is 11.2. The van der Waals surface area contributed by atoms with Crippen molar-refractivity contribution >= 4 is 27.5 Å². The molecule has 4 heteroatoms. The molecule has 3 nitrogen and oxygen atoms in total. The summed E-state index contributed by atoms with van der Waals surface area (Å²) < 4.78 is 0.985. The Bertz CT molecular complexity index is 352. The van der Waals surface area contributed by atoms with Crippen molar-refractivity contribution in [3.05, 3.63) is 41.4 Å². The van der Waals surface area contributed by atoms with Gasteiger partial charge in [0, 0.05) is 16.7 Å². The summed E-state index contributed by atoms with van der Waals surface area (Å²) in [5.74, 6) is -0.0464. The molecule has 2 N–H and O–H groups in total. The van der Waals surface area contributed by atoms with E-state index in [0.29, 0.717) is 6.54 Å². The molecule has 0 saturated carbocycles. The molecular weight excluding hydrogens is 256 g/mol. The first-order valence-electron chi connectivity index (χ1n) is 4.59. The van der Waals surface area contributed by atoms with Crippen LogP contribution in [-0.4, -0.2) is 19.0 Å². The third kappa shape index (κ3) is 4.65. The number of anilines is 1. The zero-order chi connectivity index (χ0) is 11.1. The molecule has 15 heavy (non-hydrogen) atoms. The van der Waals surface area contributed by atoms with E-state index in [2.05, 4.69) is 33.1 Å². The lowest BCUT2D eigenvalue weighted by Crippen LogP contribution is -2.29. The van der Waals surface area contributed by atoms with Crippen LogP contribution in [0, 0.1) is 0 Å². The molecule has 80 valence electrons.